The third-order valence-corrected chi connectivity index (χ3v) is 5.08. The summed E-state index contributed by atoms with van der Waals surface area (Å²) >= 11 is 3.42. The van der Waals surface area contributed by atoms with Crippen molar-refractivity contribution >= 4 is 44.5 Å². The first kappa shape index (κ1) is 16.8. The van der Waals surface area contributed by atoms with Crippen LogP contribution in [-0.4, -0.2) is 52.1 Å². The van der Waals surface area contributed by atoms with Crippen LogP contribution < -0.4 is 10.2 Å². The van der Waals surface area contributed by atoms with Gasteiger partial charge in [-0.2, -0.15) is 0 Å². The van der Waals surface area contributed by atoms with Crippen molar-refractivity contribution in [3.05, 3.63) is 46.8 Å². The molecule has 1 fully saturated rings. The van der Waals surface area contributed by atoms with Crippen LogP contribution in [0, 0.1) is 6.92 Å². The predicted octanol–water partition coefficient (Wildman–Crippen LogP) is 3.38. The highest BCUT2D eigenvalue weighted by atomic mass is 79.9. The van der Waals surface area contributed by atoms with Gasteiger partial charge in [-0.15, -0.1) is 0 Å². The van der Waals surface area contributed by atoms with Gasteiger partial charge in [0, 0.05) is 42.5 Å². The van der Waals surface area contributed by atoms with Gasteiger partial charge in [-0.25, -0.2) is 14.8 Å². The lowest BCUT2D eigenvalue weighted by Gasteiger charge is -2.35. The van der Waals surface area contributed by atoms with Crippen molar-refractivity contribution in [2.45, 2.75) is 6.92 Å². The molecule has 0 bridgehead atoms. The second kappa shape index (κ2) is 6.95. The Hall–Kier alpha value is -2.61. The van der Waals surface area contributed by atoms with Gasteiger partial charge < -0.3 is 20.1 Å². The lowest BCUT2D eigenvalue weighted by molar-refractivity contribution is 0.208. The molecule has 3 heterocycles. The summed E-state index contributed by atoms with van der Waals surface area (Å²) in [6.45, 7) is 4.82. The summed E-state index contributed by atoms with van der Waals surface area (Å²) in [4.78, 5) is 28.5. The zero-order valence-corrected chi connectivity index (χ0v) is 16.0. The molecule has 4 rings (SSSR count). The smallest absolute Gasteiger partial charge is 0.321 e. The second-order valence-corrected chi connectivity index (χ2v) is 7.22. The molecular formula is C18H19BrN6O. The maximum atomic E-state index is 12.5. The van der Waals surface area contributed by atoms with E-state index < -0.39 is 0 Å². The van der Waals surface area contributed by atoms with Crippen LogP contribution in [0.25, 0.3) is 11.0 Å². The molecule has 0 unspecified atom stereocenters. The van der Waals surface area contributed by atoms with Gasteiger partial charge in [-0.05, 0) is 30.7 Å². The quantitative estimate of drug-likeness (QED) is 0.673. The van der Waals surface area contributed by atoms with Crippen molar-refractivity contribution in [1.29, 1.82) is 0 Å². The van der Waals surface area contributed by atoms with E-state index in [1.165, 1.54) is 0 Å². The summed E-state index contributed by atoms with van der Waals surface area (Å²) in [5.41, 5.74) is 2.76. The van der Waals surface area contributed by atoms with Crippen molar-refractivity contribution < 1.29 is 4.79 Å². The zero-order valence-electron chi connectivity index (χ0n) is 14.4. The molecule has 0 aliphatic carbocycles. The van der Waals surface area contributed by atoms with E-state index in [0.29, 0.717) is 13.1 Å². The van der Waals surface area contributed by atoms with Crippen LogP contribution in [-0.2, 0) is 0 Å². The van der Waals surface area contributed by atoms with Crippen LogP contribution >= 0.6 is 15.9 Å². The van der Waals surface area contributed by atoms with E-state index in [0.717, 1.165) is 45.7 Å². The summed E-state index contributed by atoms with van der Waals surface area (Å²) in [5, 5.41) is 4.00. The highest BCUT2D eigenvalue weighted by molar-refractivity contribution is 9.10. The minimum absolute atomic E-state index is 0.0755. The zero-order chi connectivity index (χ0) is 18.1. The summed E-state index contributed by atoms with van der Waals surface area (Å²) in [5.74, 6) is 0.931. The Balaban J connectivity index is 1.44. The van der Waals surface area contributed by atoms with Crippen molar-refractivity contribution in [3.8, 4) is 0 Å². The number of aryl methyl sites for hydroxylation is 1. The molecule has 2 aromatic heterocycles. The first-order valence-electron chi connectivity index (χ1n) is 8.47. The van der Waals surface area contributed by atoms with Crippen molar-refractivity contribution in [3.63, 3.8) is 0 Å². The number of benzene rings is 1. The fourth-order valence-electron chi connectivity index (χ4n) is 3.23. The number of aromatic nitrogens is 3. The van der Waals surface area contributed by atoms with Gasteiger partial charge in [-0.3, -0.25) is 0 Å². The average molecular weight is 415 g/mol. The Morgan fingerprint density at radius 2 is 2.04 bits per heavy atom. The molecule has 0 radical (unpaired) electrons. The molecule has 26 heavy (non-hydrogen) atoms. The predicted molar refractivity (Wildman–Crippen MR) is 106 cm³/mol. The highest BCUT2D eigenvalue weighted by Gasteiger charge is 2.24. The first-order chi connectivity index (χ1) is 12.6. The fourth-order valence-corrected chi connectivity index (χ4v) is 3.63. The minimum atomic E-state index is -0.0755. The van der Waals surface area contributed by atoms with Crippen LogP contribution in [0.15, 0.2) is 41.3 Å². The Morgan fingerprint density at radius 1 is 1.23 bits per heavy atom. The third kappa shape index (κ3) is 3.24. The molecule has 0 spiro atoms. The number of aromatic amines is 1. The largest absolute Gasteiger partial charge is 0.352 e. The van der Waals surface area contributed by atoms with Gasteiger partial charge in [0.25, 0.3) is 0 Å². The number of H-pyrrole nitrogens is 1. The van der Waals surface area contributed by atoms with Crippen molar-refractivity contribution in [1.82, 2.24) is 19.9 Å². The maximum absolute atomic E-state index is 12.5. The number of carbonyl (C=O) groups excluding carboxylic acids is 1. The Kier molecular flexibility index (Phi) is 4.50. The average Bonchev–Trinajstić information content (AvgIpc) is 3.03. The molecule has 2 N–H and O–H groups in total. The van der Waals surface area contributed by atoms with Gasteiger partial charge in [0.15, 0.2) is 0 Å². The molecule has 134 valence electrons. The summed E-state index contributed by atoms with van der Waals surface area (Å²) in [6, 6.07) is 7.52. The standard InChI is InChI=1S/C18H19BrN6O/c1-12-10-20-16-15(12)17(22-11-21-16)24-5-7-25(8-6-24)18(26)23-14-4-2-3-13(19)9-14/h2-4,9-11H,5-8H2,1H3,(H,23,26)(H,20,21,22). The van der Waals surface area contributed by atoms with E-state index in [1.54, 1.807) is 6.33 Å². The number of hydrogen-bond donors (Lipinski definition) is 2. The molecule has 1 saturated heterocycles. The lowest BCUT2D eigenvalue weighted by atomic mass is 10.2. The van der Waals surface area contributed by atoms with Gasteiger partial charge in [-0.1, -0.05) is 22.0 Å². The number of anilines is 2. The molecule has 0 saturated carbocycles. The van der Waals surface area contributed by atoms with E-state index in [-0.39, 0.29) is 6.03 Å². The molecule has 1 aromatic carbocycles. The summed E-state index contributed by atoms with van der Waals surface area (Å²) < 4.78 is 0.940. The number of amides is 2. The van der Waals surface area contributed by atoms with Crippen LogP contribution in [0.4, 0.5) is 16.3 Å². The van der Waals surface area contributed by atoms with Crippen LogP contribution in [0.3, 0.4) is 0 Å². The molecule has 1 aliphatic rings. The molecule has 2 amide bonds. The third-order valence-electron chi connectivity index (χ3n) is 4.59. The molecule has 3 aromatic rings. The summed E-state index contributed by atoms with van der Waals surface area (Å²) in [6.07, 6.45) is 3.53. The number of nitrogens with zero attached hydrogens (tertiary/aromatic N) is 4. The Bertz CT molecular complexity index is 948. The molecule has 7 nitrogen and oxygen atoms in total. The Labute approximate surface area is 159 Å². The molecular weight excluding hydrogens is 396 g/mol. The SMILES string of the molecule is Cc1c[nH]c2ncnc(N3CCN(C(=O)Nc4cccc(Br)c4)CC3)c12. The van der Waals surface area contributed by atoms with Crippen molar-refractivity contribution in [2.24, 2.45) is 0 Å². The van der Waals surface area contributed by atoms with E-state index in [2.05, 4.69) is 41.1 Å². The number of rotatable bonds is 2. The van der Waals surface area contributed by atoms with Gasteiger partial charge in [0.2, 0.25) is 0 Å². The number of fused-ring (bicyclic) bond motifs is 1. The lowest BCUT2D eigenvalue weighted by Crippen LogP contribution is -2.50. The van der Waals surface area contributed by atoms with E-state index in [1.807, 2.05) is 42.3 Å². The van der Waals surface area contributed by atoms with Gasteiger partial charge in [0.05, 0.1) is 5.39 Å². The Morgan fingerprint density at radius 3 is 2.81 bits per heavy atom. The number of halogens is 1. The number of carbonyl (C=O) groups is 1. The first-order valence-corrected chi connectivity index (χ1v) is 9.26. The van der Waals surface area contributed by atoms with E-state index in [9.17, 15) is 4.79 Å². The van der Waals surface area contributed by atoms with Gasteiger partial charge in [0.1, 0.15) is 17.8 Å². The van der Waals surface area contributed by atoms with Crippen LogP contribution in [0.5, 0.6) is 0 Å². The monoisotopic (exact) mass is 414 g/mol. The number of hydrogen-bond acceptors (Lipinski definition) is 4. The topological polar surface area (TPSA) is 77.2 Å². The molecule has 8 heteroatoms. The second-order valence-electron chi connectivity index (χ2n) is 6.31. The normalized spacial score (nSPS) is 14.7. The van der Waals surface area contributed by atoms with E-state index in [4.69, 9.17) is 0 Å². The minimum Gasteiger partial charge on any atom is -0.352 e. The maximum Gasteiger partial charge on any atom is 0.321 e. The van der Waals surface area contributed by atoms with Crippen LogP contribution in [0.2, 0.25) is 0 Å². The number of piperazine rings is 1. The van der Waals surface area contributed by atoms with E-state index >= 15 is 0 Å². The van der Waals surface area contributed by atoms with Crippen molar-refractivity contribution in [2.75, 3.05) is 36.4 Å². The summed E-state index contributed by atoms with van der Waals surface area (Å²) in [7, 11) is 0. The number of urea groups is 1. The highest BCUT2D eigenvalue weighted by Crippen LogP contribution is 2.26. The van der Waals surface area contributed by atoms with Crippen LogP contribution in [0.1, 0.15) is 5.56 Å². The molecule has 0 atom stereocenters. The number of nitrogens with one attached hydrogen (secondary N) is 2. The molecule has 1 aliphatic heterocycles. The fraction of sp³-hybridized carbons (Fsp3) is 0.278. The van der Waals surface area contributed by atoms with Gasteiger partial charge >= 0.3 is 6.03 Å².